The summed E-state index contributed by atoms with van der Waals surface area (Å²) in [7, 11) is 0. The van der Waals surface area contributed by atoms with E-state index in [1.165, 1.54) is 54.6 Å². The van der Waals surface area contributed by atoms with E-state index in [9.17, 15) is 35.5 Å². The molecule has 0 saturated heterocycles. The lowest BCUT2D eigenvalue weighted by Gasteiger charge is -2.27. The number of hydrogen-bond donors (Lipinski definition) is 0. The van der Waals surface area contributed by atoms with Gasteiger partial charge in [-0.15, -0.1) is 0 Å². The van der Waals surface area contributed by atoms with E-state index < -0.39 is 29.4 Å². The molecule has 3 rings (SSSR count). The number of rotatable bonds is 3. The van der Waals surface area contributed by atoms with Crippen LogP contribution in [0.5, 0.6) is 0 Å². The van der Waals surface area contributed by atoms with Crippen molar-refractivity contribution in [3.8, 4) is 0 Å². The van der Waals surface area contributed by atoms with Crippen LogP contribution >= 0.6 is 0 Å². The van der Waals surface area contributed by atoms with E-state index in [-0.39, 0.29) is 21.5 Å². The maximum atomic E-state index is 14.0. The first kappa shape index (κ1) is 18.2. The van der Waals surface area contributed by atoms with Gasteiger partial charge in [-0.25, -0.2) is 0 Å². The van der Waals surface area contributed by atoms with E-state index in [0.29, 0.717) is 0 Å². The van der Waals surface area contributed by atoms with Crippen LogP contribution in [0, 0.1) is 0 Å². The highest BCUT2D eigenvalue weighted by molar-refractivity contribution is 6.21. The van der Waals surface area contributed by atoms with Crippen molar-refractivity contribution in [2.45, 2.75) is 18.0 Å². The van der Waals surface area contributed by atoms with E-state index in [1.54, 1.807) is 0 Å². The minimum absolute atomic E-state index is 0.131. The molecule has 0 N–H and O–H groups in total. The maximum Gasteiger partial charge on any atom is 0.460 e. The lowest BCUT2D eigenvalue weighted by Crippen LogP contribution is -2.56. The zero-order chi connectivity index (χ0) is 19.3. The van der Waals surface area contributed by atoms with Crippen LogP contribution in [0.25, 0.3) is 21.5 Å². The van der Waals surface area contributed by atoms with E-state index in [0.717, 1.165) is 0 Å². The molecule has 0 radical (unpaired) electrons. The molecule has 0 aliphatic carbocycles. The van der Waals surface area contributed by atoms with E-state index in [4.69, 9.17) is 0 Å². The summed E-state index contributed by atoms with van der Waals surface area (Å²) in [6, 6.07) is 12.6. The van der Waals surface area contributed by atoms with Gasteiger partial charge >= 0.3 is 18.0 Å². The Hall–Kier alpha value is -2.64. The van der Waals surface area contributed by atoms with Crippen molar-refractivity contribution in [1.29, 1.82) is 0 Å². The molecule has 3 aromatic rings. The van der Waals surface area contributed by atoms with Crippen molar-refractivity contribution in [3.63, 3.8) is 0 Å². The minimum Gasteiger partial charge on any atom is -0.287 e. The minimum atomic E-state index is -6.58. The van der Waals surface area contributed by atoms with Crippen LogP contribution in [0.1, 0.15) is 10.4 Å². The summed E-state index contributed by atoms with van der Waals surface area (Å²) >= 11 is 0. The predicted octanol–water partition coefficient (Wildman–Crippen LogP) is 6.01. The highest BCUT2D eigenvalue weighted by Gasteiger charge is 2.76. The number of carbonyl (C=O) groups is 1. The maximum absolute atomic E-state index is 14.0. The Morgan fingerprint density at radius 2 is 1.12 bits per heavy atom. The summed E-state index contributed by atoms with van der Waals surface area (Å²) in [5, 5.41) is 0.268. The number of alkyl halides is 7. The predicted molar refractivity (Wildman–Crippen MR) is 81.7 cm³/mol. The normalized spacial score (nSPS) is 13.3. The average Bonchev–Trinajstić information content (AvgIpc) is 2.57. The first-order valence-corrected chi connectivity index (χ1v) is 7.26. The zero-order valence-electron chi connectivity index (χ0n) is 12.8. The number of carbonyl (C=O) groups excluding carboxylic acids is 1. The molecule has 26 heavy (non-hydrogen) atoms. The van der Waals surface area contributed by atoms with Gasteiger partial charge in [-0.3, -0.25) is 4.79 Å². The van der Waals surface area contributed by atoms with Gasteiger partial charge in [-0.2, -0.15) is 30.7 Å². The first-order valence-electron chi connectivity index (χ1n) is 7.26. The Balaban J connectivity index is 2.34. The van der Waals surface area contributed by atoms with Gasteiger partial charge in [0.05, 0.1) is 0 Å². The van der Waals surface area contributed by atoms with Crippen LogP contribution < -0.4 is 0 Å². The molecule has 0 atom stereocenters. The van der Waals surface area contributed by atoms with Crippen LogP contribution in [0.4, 0.5) is 30.7 Å². The van der Waals surface area contributed by atoms with Crippen molar-refractivity contribution in [3.05, 3.63) is 60.2 Å². The van der Waals surface area contributed by atoms with Crippen LogP contribution in [-0.4, -0.2) is 23.8 Å². The molecule has 136 valence electrons. The Morgan fingerprint density at radius 3 is 1.54 bits per heavy atom. The van der Waals surface area contributed by atoms with Gasteiger partial charge < -0.3 is 0 Å². The molecule has 0 aliphatic rings. The van der Waals surface area contributed by atoms with Crippen molar-refractivity contribution < 1.29 is 35.5 Å². The smallest absolute Gasteiger partial charge is 0.287 e. The summed E-state index contributed by atoms with van der Waals surface area (Å²) in [5.74, 6) is -15.0. The summed E-state index contributed by atoms with van der Waals surface area (Å²) in [5.41, 5.74) is -0.868. The number of ketones is 1. The molecule has 1 nitrogen and oxygen atoms in total. The molecule has 3 aromatic carbocycles. The molecule has 0 fully saturated rings. The second-order valence-electron chi connectivity index (χ2n) is 5.67. The number of fused-ring (bicyclic) bond motifs is 2. The third kappa shape index (κ3) is 2.51. The summed E-state index contributed by atoms with van der Waals surface area (Å²) < 4.78 is 92.1. The molecular weight excluding hydrogens is 365 g/mol. The molecule has 0 aromatic heterocycles. The Morgan fingerprint density at radius 1 is 0.692 bits per heavy atom. The van der Waals surface area contributed by atoms with Gasteiger partial charge in [0.2, 0.25) is 5.78 Å². The molecule has 0 aliphatic heterocycles. The number of Topliss-reactive ketones (excluding diaryl/α,β-unsaturated/α-hetero) is 1. The standard InChI is InChI=1S/C18H9F7O/c19-16(20,17(21,22)18(23,24)25)15(26)14-12-7-3-1-5-10(12)9-11-6-2-4-8-13(11)14/h1-9H. The highest BCUT2D eigenvalue weighted by atomic mass is 19.4. The molecule has 0 saturated carbocycles. The number of hydrogen-bond acceptors (Lipinski definition) is 1. The van der Waals surface area contributed by atoms with Gasteiger partial charge in [0, 0.05) is 5.56 Å². The SMILES string of the molecule is O=C(c1c2ccccc2cc2ccccc12)C(F)(F)C(F)(F)C(F)(F)F. The molecule has 0 unspecified atom stereocenters. The summed E-state index contributed by atoms with van der Waals surface area (Å²) in [4.78, 5) is 12.3. The molecule has 0 bridgehead atoms. The van der Waals surface area contributed by atoms with Crippen LogP contribution in [0.2, 0.25) is 0 Å². The second kappa shape index (κ2) is 5.69. The third-order valence-electron chi connectivity index (χ3n) is 4.03. The van der Waals surface area contributed by atoms with E-state index in [1.807, 2.05) is 0 Å². The average molecular weight is 374 g/mol. The second-order valence-corrected chi connectivity index (χ2v) is 5.67. The lowest BCUT2D eigenvalue weighted by molar-refractivity contribution is -0.339. The van der Waals surface area contributed by atoms with Gasteiger partial charge in [-0.05, 0) is 27.6 Å². The first-order chi connectivity index (χ1) is 12.0. The zero-order valence-corrected chi connectivity index (χ0v) is 12.8. The van der Waals surface area contributed by atoms with Gasteiger partial charge in [-0.1, -0.05) is 48.5 Å². The quantitative estimate of drug-likeness (QED) is 0.312. The fourth-order valence-electron chi connectivity index (χ4n) is 2.74. The van der Waals surface area contributed by atoms with Crippen molar-refractivity contribution >= 4 is 27.3 Å². The third-order valence-corrected chi connectivity index (χ3v) is 4.03. The van der Waals surface area contributed by atoms with Crippen molar-refractivity contribution in [2.24, 2.45) is 0 Å². The van der Waals surface area contributed by atoms with Crippen molar-refractivity contribution in [2.75, 3.05) is 0 Å². The summed E-state index contributed by atoms with van der Waals surface area (Å²) in [6.45, 7) is 0. The van der Waals surface area contributed by atoms with Crippen LogP contribution in [0.3, 0.4) is 0 Å². The molecule has 0 heterocycles. The Bertz CT molecular complexity index is 951. The highest BCUT2D eigenvalue weighted by Crippen LogP contribution is 2.48. The van der Waals surface area contributed by atoms with Gasteiger partial charge in [0.15, 0.2) is 0 Å². The van der Waals surface area contributed by atoms with Gasteiger partial charge in [0.1, 0.15) is 0 Å². The molecular formula is C18H9F7O. The van der Waals surface area contributed by atoms with E-state index >= 15 is 0 Å². The Kier molecular flexibility index (Phi) is 3.97. The molecule has 0 spiro atoms. The van der Waals surface area contributed by atoms with Crippen LogP contribution in [-0.2, 0) is 0 Å². The number of halogens is 7. The molecule has 8 heteroatoms. The summed E-state index contributed by atoms with van der Waals surface area (Å²) in [6.07, 6.45) is -6.58. The van der Waals surface area contributed by atoms with Crippen LogP contribution in [0.15, 0.2) is 54.6 Å². The monoisotopic (exact) mass is 374 g/mol. The fourth-order valence-corrected chi connectivity index (χ4v) is 2.74. The lowest BCUT2D eigenvalue weighted by atomic mass is 9.90. The fraction of sp³-hybridized carbons (Fsp3) is 0.167. The van der Waals surface area contributed by atoms with Gasteiger partial charge in [0.25, 0.3) is 0 Å². The molecule has 0 amide bonds. The Labute approximate surface area is 142 Å². The topological polar surface area (TPSA) is 17.1 Å². The largest absolute Gasteiger partial charge is 0.460 e. The number of benzene rings is 3. The van der Waals surface area contributed by atoms with Crippen molar-refractivity contribution in [1.82, 2.24) is 0 Å². The van der Waals surface area contributed by atoms with E-state index in [2.05, 4.69) is 0 Å².